The second-order valence-electron chi connectivity index (χ2n) is 6.08. The second kappa shape index (κ2) is 6.67. The molecule has 1 aliphatic rings. The highest BCUT2D eigenvalue weighted by atomic mass is 32.1. The summed E-state index contributed by atoms with van der Waals surface area (Å²) in [6.45, 7) is 3.68. The Labute approximate surface area is 140 Å². The van der Waals surface area contributed by atoms with Gasteiger partial charge in [-0.05, 0) is 56.7 Å². The van der Waals surface area contributed by atoms with Crippen LogP contribution in [0.1, 0.15) is 54.4 Å². The van der Waals surface area contributed by atoms with Crippen molar-refractivity contribution in [1.29, 1.82) is 0 Å². The van der Waals surface area contributed by atoms with Gasteiger partial charge in [-0.1, -0.05) is 23.8 Å². The predicted octanol–water partition coefficient (Wildman–Crippen LogP) is 4.28. The molecular weight excluding hydrogens is 308 g/mol. The van der Waals surface area contributed by atoms with Crippen LogP contribution in [0.5, 0.6) is 0 Å². The summed E-state index contributed by atoms with van der Waals surface area (Å²) in [4.78, 5) is 26.3. The van der Waals surface area contributed by atoms with Crippen molar-refractivity contribution in [2.45, 2.75) is 39.5 Å². The lowest BCUT2D eigenvalue weighted by molar-refractivity contribution is 0.0479. The maximum absolute atomic E-state index is 12.2. The minimum absolute atomic E-state index is 0.155. The van der Waals surface area contributed by atoms with Crippen LogP contribution in [0.4, 0.5) is 0 Å². The first-order valence-corrected chi connectivity index (χ1v) is 8.75. The van der Waals surface area contributed by atoms with E-state index in [1.54, 1.807) is 6.07 Å². The van der Waals surface area contributed by atoms with E-state index in [1.807, 2.05) is 32.0 Å². The third kappa shape index (κ3) is 3.53. The van der Waals surface area contributed by atoms with Gasteiger partial charge in [-0.25, -0.2) is 4.79 Å². The Balaban J connectivity index is 1.64. The number of hydrogen-bond acceptors (Lipinski definition) is 4. The Bertz CT molecular complexity index is 734. The maximum Gasteiger partial charge on any atom is 0.348 e. The van der Waals surface area contributed by atoms with Gasteiger partial charge in [0, 0.05) is 10.4 Å². The molecule has 0 fully saturated rings. The van der Waals surface area contributed by atoms with Gasteiger partial charge in [0.25, 0.3) is 0 Å². The third-order valence-corrected chi connectivity index (χ3v) is 5.43. The molecule has 0 aliphatic heterocycles. The number of ketones is 1. The topological polar surface area (TPSA) is 43.4 Å². The molecular formula is C19H20O3S. The molecule has 0 bridgehead atoms. The number of Topliss-reactive ketones (excluding diaryl/α,β-unsaturated/α-hetero) is 1. The molecule has 1 aromatic carbocycles. The third-order valence-electron chi connectivity index (χ3n) is 4.21. The van der Waals surface area contributed by atoms with Gasteiger partial charge in [0.05, 0.1) is 0 Å². The van der Waals surface area contributed by atoms with Crippen LogP contribution < -0.4 is 0 Å². The number of benzene rings is 1. The second-order valence-corrected chi connectivity index (χ2v) is 7.22. The summed E-state index contributed by atoms with van der Waals surface area (Å²) in [7, 11) is 0. The van der Waals surface area contributed by atoms with Crippen LogP contribution in [0, 0.1) is 13.8 Å². The van der Waals surface area contributed by atoms with Crippen LogP contribution >= 0.6 is 11.3 Å². The van der Waals surface area contributed by atoms with E-state index < -0.39 is 0 Å². The lowest BCUT2D eigenvalue weighted by atomic mass is 9.99. The summed E-state index contributed by atoms with van der Waals surface area (Å²) >= 11 is 1.51. The molecule has 0 unspecified atom stereocenters. The fourth-order valence-corrected chi connectivity index (χ4v) is 4.15. The molecule has 23 heavy (non-hydrogen) atoms. The molecule has 0 radical (unpaired) electrons. The Hall–Kier alpha value is -1.94. The van der Waals surface area contributed by atoms with Crippen LogP contribution in [-0.2, 0) is 17.6 Å². The molecule has 1 aromatic heterocycles. The zero-order valence-corrected chi connectivity index (χ0v) is 14.3. The minimum atomic E-state index is -0.387. The average molecular weight is 328 g/mol. The summed E-state index contributed by atoms with van der Waals surface area (Å²) in [6.07, 6.45) is 4.46. The normalized spacial score (nSPS) is 13.5. The molecule has 0 saturated heterocycles. The summed E-state index contributed by atoms with van der Waals surface area (Å²) in [6, 6.07) is 7.59. The van der Waals surface area contributed by atoms with E-state index in [0.29, 0.717) is 10.4 Å². The predicted molar refractivity (Wildman–Crippen MR) is 91.5 cm³/mol. The number of esters is 1. The molecule has 2 aromatic rings. The quantitative estimate of drug-likeness (QED) is 0.621. The zero-order chi connectivity index (χ0) is 16.4. The minimum Gasteiger partial charge on any atom is -0.453 e. The van der Waals surface area contributed by atoms with E-state index in [9.17, 15) is 9.59 Å². The summed E-state index contributed by atoms with van der Waals surface area (Å²) in [5.74, 6) is -0.542. The SMILES string of the molecule is Cc1ccc(C(=O)COC(=O)c2cc3c(s2)CCCC3)c(C)c1. The molecule has 1 heterocycles. The van der Waals surface area contributed by atoms with E-state index in [-0.39, 0.29) is 18.4 Å². The number of aryl methyl sites for hydroxylation is 4. The highest BCUT2D eigenvalue weighted by Crippen LogP contribution is 2.30. The van der Waals surface area contributed by atoms with Gasteiger partial charge in [-0.2, -0.15) is 0 Å². The van der Waals surface area contributed by atoms with Gasteiger partial charge in [0.15, 0.2) is 6.61 Å². The summed E-state index contributed by atoms with van der Waals surface area (Å²) in [5.41, 5.74) is 3.92. The van der Waals surface area contributed by atoms with Gasteiger partial charge in [0.1, 0.15) is 4.88 Å². The lowest BCUT2D eigenvalue weighted by Gasteiger charge is -2.08. The zero-order valence-electron chi connectivity index (χ0n) is 13.5. The molecule has 0 spiro atoms. The van der Waals surface area contributed by atoms with Crippen molar-refractivity contribution in [3.05, 3.63) is 56.3 Å². The largest absolute Gasteiger partial charge is 0.453 e. The first kappa shape index (κ1) is 15.9. The van der Waals surface area contributed by atoms with Crippen molar-refractivity contribution < 1.29 is 14.3 Å². The van der Waals surface area contributed by atoms with Gasteiger partial charge in [0.2, 0.25) is 5.78 Å². The van der Waals surface area contributed by atoms with Gasteiger partial charge in [-0.15, -0.1) is 11.3 Å². The number of ether oxygens (including phenoxy) is 1. The van der Waals surface area contributed by atoms with Gasteiger partial charge >= 0.3 is 5.97 Å². The van der Waals surface area contributed by atoms with Crippen molar-refractivity contribution in [3.8, 4) is 0 Å². The van der Waals surface area contributed by atoms with E-state index in [0.717, 1.165) is 24.0 Å². The first-order valence-electron chi connectivity index (χ1n) is 7.94. The van der Waals surface area contributed by atoms with Crippen molar-refractivity contribution >= 4 is 23.1 Å². The molecule has 120 valence electrons. The monoisotopic (exact) mass is 328 g/mol. The fourth-order valence-electron chi connectivity index (χ4n) is 3.00. The highest BCUT2D eigenvalue weighted by molar-refractivity contribution is 7.14. The van der Waals surface area contributed by atoms with Crippen molar-refractivity contribution in [1.82, 2.24) is 0 Å². The molecule has 0 amide bonds. The summed E-state index contributed by atoms with van der Waals surface area (Å²) in [5, 5.41) is 0. The van der Waals surface area contributed by atoms with Gasteiger partial charge < -0.3 is 4.74 Å². The van der Waals surface area contributed by atoms with Crippen molar-refractivity contribution in [2.75, 3.05) is 6.61 Å². The van der Waals surface area contributed by atoms with E-state index in [1.165, 1.54) is 34.6 Å². The Morgan fingerprint density at radius 3 is 2.65 bits per heavy atom. The standard InChI is InChI=1S/C19H20O3S/c1-12-7-8-15(13(2)9-12)16(20)11-22-19(21)18-10-14-5-3-4-6-17(14)23-18/h7-10H,3-6,11H2,1-2H3. The Kier molecular flexibility index (Phi) is 4.62. The van der Waals surface area contributed by atoms with Crippen LogP contribution in [0.25, 0.3) is 0 Å². The molecule has 3 nitrogen and oxygen atoms in total. The van der Waals surface area contributed by atoms with Crippen LogP contribution in [0.3, 0.4) is 0 Å². The number of carbonyl (C=O) groups is 2. The number of thiophene rings is 1. The van der Waals surface area contributed by atoms with Crippen LogP contribution in [0.15, 0.2) is 24.3 Å². The van der Waals surface area contributed by atoms with Crippen molar-refractivity contribution in [3.63, 3.8) is 0 Å². The maximum atomic E-state index is 12.2. The van der Waals surface area contributed by atoms with Crippen molar-refractivity contribution in [2.24, 2.45) is 0 Å². The van der Waals surface area contributed by atoms with E-state index in [2.05, 4.69) is 0 Å². The summed E-state index contributed by atoms with van der Waals surface area (Å²) < 4.78 is 5.23. The smallest absolute Gasteiger partial charge is 0.348 e. The fraction of sp³-hybridized carbons (Fsp3) is 0.368. The van der Waals surface area contributed by atoms with Crippen LogP contribution in [-0.4, -0.2) is 18.4 Å². The average Bonchev–Trinajstić information content (AvgIpc) is 2.96. The Morgan fingerprint density at radius 2 is 1.91 bits per heavy atom. The Morgan fingerprint density at radius 1 is 1.13 bits per heavy atom. The number of carbonyl (C=O) groups excluding carboxylic acids is 2. The molecule has 0 atom stereocenters. The van der Waals surface area contributed by atoms with Crippen LogP contribution in [0.2, 0.25) is 0 Å². The molecule has 0 saturated carbocycles. The lowest BCUT2D eigenvalue weighted by Crippen LogP contribution is -2.14. The molecule has 1 aliphatic carbocycles. The number of rotatable bonds is 4. The number of fused-ring (bicyclic) bond motifs is 1. The molecule has 0 N–H and O–H groups in total. The van der Waals surface area contributed by atoms with E-state index >= 15 is 0 Å². The highest BCUT2D eigenvalue weighted by Gasteiger charge is 2.19. The van der Waals surface area contributed by atoms with Gasteiger partial charge in [-0.3, -0.25) is 4.79 Å². The number of hydrogen-bond donors (Lipinski definition) is 0. The molecule has 3 rings (SSSR count). The first-order chi connectivity index (χ1) is 11.0. The molecule has 4 heteroatoms. The van der Waals surface area contributed by atoms with E-state index in [4.69, 9.17) is 4.74 Å².